The monoisotopic (exact) mass is 407 g/mol. The number of rotatable bonds is 6. The fraction of sp³-hybridized carbons (Fsp3) is 0.250. The highest BCUT2D eigenvalue weighted by Crippen LogP contribution is 2.34. The number of aromatic nitrogens is 3. The smallest absolute Gasteiger partial charge is 0.235 e. The predicted octanol–water partition coefficient (Wildman–Crippen LogP) is 3.75. The molecule has 0 radical (unpaired) electrons. The van der Waals surface area contributed by atoms with Crippen LogP contribution in [0.25, 0.3) is 10.3 Å². The number of benzene rings is 1. The van der Waals surface area contributed by atoms with Gasteiger partial charge in [0.05, 0.1) is 5.75 Å². The van der Waals surface area contributed by atoms with Crippen molar-refractivity contribution in [3.8, 4) is 0 Å². The first kappa shape index (κ1) is 17.3. The van der Waals surface area contributed by atoms with Crippen molar-refractivity contribution >= 4 is 67.8 Å². The van der Waals surface area contributed by atoms with E-state index < -0.39 is 0 Å². The van der Waals surface area contributed by atoms with E-state index in [1.807, 2.05) is 12.1 Å². The molecule has 134 valence electrons. The second-order valence-corrected chi connectivity index (χ2v) is 8.31. The molecular formula is C16H14ClN5O2S2. The number of amides is 2. The Bertz CT molecular complexity index is 965. The van der Waals surface area contributed by atoms with Gasteiger partial charge in [-0.3, -0.25) is 14.7 Å². The van der Waals surface area contributed by atoms with Crippen LogP contribution in [-0.4, -0.2) is 32.7 Å². The molecular weight excluding hydrogens is 394 g/mol. The van der Waals surface area contributed by atoms with Crippen LogP contribution >= 0.6 is 34.7 Å². The Morgan fingerprint density at radius 2 is 2.04 bits per heavy atom. The number of fused-ring (bicyclic) bond motifs is 1. The molecule has 2 aromatic heterocycles. The van der Waals surface area contributed by atoms with Gasteiger partial charge in [-0.15, -0.1) is 11.8 Å². The molecule has 3 N–H and O–H groups in total. The molecule has 4 rings (SSSR count). The number of aromatic amines is 1. The third-order valence-corrected chi connectivity index (χ3v) is 5.98. The van der Waals surface area contributed by atoms with Crippen LogP contribution in [0.2, 0.25) is 5.02 Å². The van der Waals surface area contributed by atoms with Crippen LogP contribution < -0.4 is 10.6 Å². The zero-order valence-corrected chi connectivity index (χ0v) is 15.8. The maximum atomic E-state index is 12.2. The first-order valence-electron chi connectivity index (χ1n) is 7.92. The largest absolute Gasteiger partial charge is 0.309 e. The van der Waals surface area contributed by atoms with E-state index in [-0.39, 0.29) is 23.5 Å². The highest BCUT2D eigenvalue weighted by molar-refractivity contribution is 8.00. The average molecular weight is 408 g/mol. The Morgan fingerprint density at radius 3 is 2.77 bits per heavy atom. The Hall–Kier alpha value is -2.10. The maximum Gasteiger partial charge on any atom is 0.235 e. The average Bonchev–Trinajstić information content (AvgIpc) is 3.31. The minimum Gasteiger partial charge on any atom is -0.309 e. The van der Waals surface area contributed by atoms with Gasteiger partial charge < -0.3 is 10.6 Å². The van der Waals surface area contributed by atoms with Gasteiger partial charge in [-0.25, -0.2) is 0 Å². The molecule has 0 aliphatic heterocycles. The van der Waals surface area contributed by atoms with Crippen molar-refractivity contribution in [1.29, 1.82) is 0 Å². The summed E-state index contributed by atoms with van der Waals surface area (Å²) < 4.78 is 0.709. The third kappa shape index (κ3) is 4.00. The minimum atomic E-state index is -0.160. The number of hydrogen-bond donors (Lipinski definition) is 3. The normalized spacial score (nSPS) is 13.7. The van der Waals surface area contributed by atoms with Crippen molar-refractivity contribution in [1.82, 2.24) is 15.2 Å². The molecule has 0 spiro atoms. The minimum absolute atomic E-state index is 0.00432. The second-order valence-electron chi connectivity index (χ2n) is 5.82. The van der Waals surface area contributed by atoms with E-state index in [0.29, 0.717) is 26.3 Å². The first-order chi connectivity index (χ1) is 12.6. The molecule has 2 heterocycles. The fourth-order valence-electron chi connectivity index (χ4n) is 2.26. The fourth-order valence-corrected chi connectivity index (χ4v) is 3.94. The number of halogens is 1. The second kappa shape index (κ2) is 7.26. The molecule has 0 atom stereocenters. The van der Waals surface area contributed by atoms with Gasteiger partial charge in [-0.1, -0.05) is 22.9 Å². The van der Waals surface area contributed by atoms with Gasteiger partial charge >= 0.3 is 0 Å². The number of nitrogens with zero attached hydrogens (tertiary/aromatic N) is 2. The van der Waals surface area contributed by atoms with Crippen LogP contribution in [0, 0.1) is 5.92 Å². The molecule has 1 aliphatic rings. The van der Waals surface area contributed by atoms with Gasteiger partial charge in [0.2, 0.25) is 11.8 Å². The lowest BCUT2D eigenvalue weighted by Gasteiger charge is -2.03. The molecule has 0 unspecified atom stereocenters. The van der Waals surface area contributed by atoms with E-state index in [2.05, 4.69) is 25.8 Å². The summed E-state index contributed by atoms with van der Waals surface area (Å²) >= 11 is 8.55. The predicted molar refractivity (Wildman–Crippen MR) is 104 cm³/mol. The van der Waals surface area contributed by atoms with Gasteiger partial charge in [0.25, 0.3) is 0 Å². The number of hydrogen-bond acceptors (Lipinski definition) is 6. The lowest BCUT2D eigenvalue weighted by atomic mass is 10.4. The highest BCUT2D eigenvalue weighted by Gasteiger charge is 2.30. The van der Waals surface area contributed by atoms with Gasteiger partial charge in [0.1, 0.15) is 10.5 Å². The van der Waals surface area contributed by atoms with Crippen LogP contribution in [0.3, 0.4) is 0 Å². The SMILES string of the molecule is O=C(CSc1ccc(Cl)cc1)Nc1[nH]nc2nc(NC(=O)C3CC3)sc12. The molecule has 0 saturated heterocycles. The van der Waals surface area contributed by atoms with Crippen molar-refractivity contribution in [2.45, 2.75) is 17.7 Å². The number of carbonyl (C=O) groups excluding carboxylic acids is 2. The Labute approximate surface area is 161 Å². The van der Waals surface area contributed by atoms with Gasteiger partial charge in [0, 0.05) is 15.8 Å². The lowest BCUT2D eigenvalue weighted by Crippen LogP contribution is -2.14. The summed E-state index contributed by atoms with van der Waals surface area (Å²) in [6, 6.07) is 7.31. The number of H-pyrrole nitrogens is 1. The zero-order valence-electron chi connectivity index (χ0n) is 13.4. The number of anilines is 2. The molecule has 10 heteroatoms. The van der Waals surface area contributed by atoms with Crippen molar-refractivity contribution in [3.63, 3.8) is 0 Å². The number of nitrogens with one attached hydrogen (secondary N) is 3. The summed E-state index contributed by atoms with van der Waals surface area (Å²) in [5, 5.41) is 13.6. The highest BCUT2D eigenvalue weighted by atomic mass is 35.5. The summed E-state index contributed by atoms with van der Waals surface area (Å²) in [6.07, 6.45) is 1.86. The molecule has 1 fully saturated rings. The van der Waals surface area contributed by atoms with E-state index in [0.717, 1.165) is 17.7 Å². The first-order valence-corrected chi connectivity index (χ1v) is 10.1. The summed E-state index contributed by atoms with van der Waals surface area (Å²) in [6.45, 7) is 0. The Balaban J connectivity index is 1.38. The summed E-state index contributed by atoms with van der Waals surface area (Å²) in [4.78, 5) is 29.2. The maximum absolute atomic E-state index is 12.2. The lowest BCUT2D eigenvalue weighted by molar-refractivity contribution is -0.117. The van der Waals surface area contributed by atoms with E-state index >= 15 is 0 Å². The summed E-state index contributed by atoms with van der Waals surface area (Å²) in [5.41, 5.74) is 0.474. The molecule has 3 aromatic rings. The molecule has 0 bridgehead atoms. The number of thioether (sulfide) groups is 1. The third-order valence-electron chi connectivity index (χ3n) is 3.74. The molecule has 7 nitrogen and oxygen atoms in total. The van der Waals surface area contributed by atoms with E-state index in [1.54, 1.807) is 12.1 Å². The standard InChI is InChI=1S/C16H14ClN5O2S2/c17-9-3-5-10(6-4-9)25-7-11(23)18-13-12-14(22-21-13)19-16(26-12)20-15(24)8-1-2-8/h3-6,8H,1-2,7H2,(H3,18,19,20,21,22,23,24). The van der Waals surface area contributed by atoms with Crippen LogP contribution in [0.4, 0.5) is 10.9 Å². The molecule has 1 aromatic carbocycles. The van der Waals surface area contributed by atoms with Crippen LogP contribution in [0.5, 0.6) is 0 Å². The van der Waals surface area contributed by atoms with Gasteiger partial charge in [0.15, 0.2) is 10.8 Å². The topological polar surface area (TPSA) is 99.8 Å². The van der Waals surface area contributed by atoms with Gasteiger partial charge in [-0.05, 0) is 37.1 Å². The zero-order chi connectivity index (χ0) is 18.1. The van der Waals surface area contributed by atoms with Crippen LogP contribution in [0.1, 0.15) is 12.8 Å². The van der Waals surface area contributed by atoms with Crippen molar-refractivity contribution < 1.29 is 9.59 Å². The molecule has 1 aliphatic carbocycles. The van der Waals surface area contributed by atoms with E-state index in [4.69, 9.17) is 11.6 Å². The number of carbonyl (C=O) groups is 2. The van der Waals surface area contributed by atoms with Crippen molar-refractivity contribution in [3.05, 3.63) is 29.3 Å². The van der Waals surface area contributed by atoms with Crippen LogP contribution in [0.15, 0.2) is 29.2 Å². The summed E-state index contributed by atoms with van der Waals surface area (Å²) in [5.74, 6) is 0.692. The number of thiazole rings is 1. The molecule has 1 saturated carbocycles. The Morgan fingerprint density at radius 1 is 1.27 bits per heavy atom. The van der Waals surface area contributed by atoms with Crippen molar-refractivity contribution in [2.75, 3.05) is 16.4 Å². The van der Waals surface area contributed by atoms with Crippen molar-refractivity contribution in [2.24, 2.45) is 5.92 Å². The van der Waals surface area contributed by atoms with E-state index in [9.17, 15) is 9.59 Å². The van der Waals surface area contributed by atoms with Crippen LogP contribution in [-0.2, 0) is 9.59 Å². The van der Waals surface area contributed by atoms with Gasteiger partial charge in [-0.2, -0.15) is 10.1 Å². The molecule has 2 amide bonds. The summed E-state index contributed by atoms with van der Waals surface area (Å²) in [7, 11) is 0. The Kier molecular flexibility index (Phi) is 4.84. The molecule has 26 heavy (non-hydrogen) atoms. The van der Waals surface area contributed by atoms with E-state index in [1.165, 1.54) is 23.1 Å². The quantitative estimate of drug-likeness (QED) is 0.540.